The second-order valence-electron chi connectivity index (χ2n) is 7.10. The number of oxime groups is 1. The minimum atomic E-state index is -4.87. The smallest absolute Gasteiger partial charge is 0.382 e. The van der Waals surface area contributed by atoms with Crippen molar-refractivity contribution in [3.8, 4) is 0 Å². The van der Waals surface area contributed by atoms with Crippen LogP contribution in [0.15, 0.2) is 41.6 Å². The molecular weight excluding hydrogens is 435 g/mol. The van der Waals surface area contributed by atoms with Crippen LogP contribution in [0.1, 0.15) is 23.1 Å². The molecule has 0 aromatic heterocycles. The molecule has 0 aliphatic carbocycles. The summed E-state index contributed by atoms with van der Waals surface area (Å²) < 4.78 is 55.7. The summed E-state index contributed by atoms with van der Waals surface area (Å²) in [6.45, 7) is 0.805. The summed E-state index contributed by atoms with van der Waals surface area (Å²) in [7, 11) is 0. The summed E-state index contributed by atoms with van der Waals surface area (Å²) in [5, 5.41) is 15.9. The molecule has 0 amide bonds. The van der Waals surface area contributed by atoms with E-state index in [9.17, 15) is 22.7 Å². The third kappa shape index (κ3) is 3.28. The summed E-state index contributed by atoms with van der Waals surface area (Å²) in [4.78, 5) is 4.90. The maximum Gasteiger partial charge on any atom is 0.435 e. The van der Waals surface area contributed by atoms with Gasteiger partial charge in [0, 0.05) is 25.1 Å². The minimum absolute atomic E-state index is 0.0594. The summed E-state index contributed by atoms with van der Waals surface area (Å²) in [5.74, 6) is -1.01. The van der Waals surface area contributed by atoms with Crippen LogP contribution in [0.3, 0.4) is 0 Å². The molecule has 154 valence electrons. The van der Waals surface area contributed by atoms with Gasteiger partial charge in [-0.2, -0.15) is 13.2 Å². The van der Waals surface area contributed by atoms with E-state index >= 15 is 0 Å². The fourth-order valence-corrected chi connectivity index (χ4v) is 3.87. The van der Waals surface area contributed by atoms with Crippen molar-refractivity contribution in [3.05, 3.63) is 69.0 Å². The van der Waals surface area contributed by atoms with Gasteiger partial charge in [-0.3, -0.25) is 0 Å². The van der Waals surface area contributed by atoms with Gasteiger partial charge in [0.25, 0.3) is 5.60 Å². The summed E-state index contributed by atoms with van der Waals surface area (Å²) >= 11 is 11.4. The molecule has 2 aromatic carbocycles. The van der Waals surface area contributed by atoms with Gasteiger partial charge in [-0.25, -0.2) is 4.39 Å². The molecule has 2 aromatic rings. The van der Waals surface area contributed by atoms with Gasteiger partial charge in [-0.15, -0.1) is 0 Å². The third-order valence-electron chi connectivity index (χ3n) is 5.23. The average Bonchev–Trinajstić information content (AvgIpc) is 3.11. The molecule has 0 bridgehead atoms. The maximum absolute atomic E-state index is 14.0. The molecule has 0 saturated carbocycles. The number of nitrogens with zero attached hydrogens (tertiary/aromatic N) is 1. The predicted molar refractivity (Wildman–Crippen MR) is 99.6 cm³/mol. The highest BCUT2D eigenvalue weighted by Gasteiger charge is 2.62. The van der Waals surface area contributed by atoms with Crippen LogP contribution < -0.4 is 5.32 Å². The van der Waals surface area contributed by atoms with Crippen LogP contribution in [-0.2, 0) is 16.0 Å². The molecule has 1 fully saturated rings. The molecular formula is C19H14Cl2F4N2O2. The van der Waals surface area contributed by atoms with Crippen LogP contribution in [0.5, 0.6) is 0 Å². The average molecular weight is 449 g/mol. The fourth-order valence-electron chi connectivity index (χ4n) is 3.39. The standard InChI is InChI=1S/C19H14Cl2F4N2O2/c20-13-5-12(6-14(21)16(13)22)18(19(23,24)25)7-15(27-29-18)10-1-3-11(4-2-10)17(28)8-26-9-17/h1-6,26,28H,7-9H2. The van der Waals surface area contributed by atoms with E-state index in [1.165, 1.54) is 0 Å². The molecule has 2 aliphatic heterocycles. The van der Waals surface area contributed by atoms with Gasteiger partial charge in [-0.05, 0) is 23.3 Å². The second kappa shape index (κ2) is 6.84. The Kier molecular flexibility index (Phi) is 4.81. The highest BCUT2D eigenvalue weighted by molar-refractivity contribution is 6.35. The molecule has 2 heterocycles. The van der Waals surface area contributed by atoms with E-state index in [2.05, 4.69) is 10.5 Å². The molecule has 2 N–H and O–H groups in total. The Hall–Kier alpha value is -1.87. The van der Waals surface area contributed by atoms with Crippen LogP contribution in [0.25, 0.3) is 0 Å². The topological polar surface area (TPSA) is 53.9 Å². The molecule has 4 nitrogen and oxygen atoms in total. The van der Waals surface area contributed by atoms with Crippen molar-refractivity contribution in [2.24, 2.45) is 5.16 Å². The molecule has 1 atom stereocenters. The predicted octanol–water partition coefficient (Wildman–Crippen LogP) is 4.51. The van der Waals surface area contributed by atoms with Crippen molar-refractivity contribution < 1.29 is 27.5 Å². The van der Waals surface area contributed by atoms with E-state index in [0.717, 1.165) is 12.1 Å². The number of rotatable bonds is 3. The van der Waals surface area contributed by atoms with E-state index < -0.39 is 45.2 Å². The normalized spacial score (nSPS) is 23.3. The molecule has 2 aliphatic rings. The van der Waals surface area contributed by atoms with Gasteiger partial charge in [0.15, 0.2) is 5.82 Å². The zero-order valence-corrected chi connectivity index (χ0v) is 16.2. The zero-order valence-electron chi connectivity index (χ0n) is 14.7. The molecule has 29 heavy (non-hydrogen) atoms. The maximum atomic E-state index is 14.0. The molecule has 0 spiro atoms. The van der Waals surface area contributed by atoms with E-state index in [0.29, 0.717) is 24.2 Å². The SMILES string of the molecule is OC1(c2ccc(C3=NOC(c4cc(Cl)c(F)c(Cl)c4)(C(F)(F)F)C3)cc2)CNC1. The first-order valence-electron chi connectivity index (χ1n) is 8.57. The fraction of sp³-hybridized carbons (Fsp3) is 0.316. The van der Waals surface area contributed by atoms with Gasteiger partial charge in [0.1, 0.15) is 5.60 Å². The van der Waals surface area contributed by atoms with E-state index in [-0.39, 0.29) is 5.71 Å². The van der Waals surface area contributed by atoms with Crippen LogP contribution in [0.4, 0.5) is 17.6 Å². The Bertz CT molecular complexity index is 968. The van der Waals surface area contributed by atoms with Crippen molar-refractivity contribution in [1.29, 1.82) is 0 Å². The summed E-state index contributed by atoms with van der Waals surface area (Å²) in [6, 6.07) is 8.11. The largest absolute Gasteiger partial charge is 0.435 e. The highest BCUT2D eigenvalue weighted by Crippen LogP contribution is 2.50. The van der Waals surface area contributed by atoms with E-state index in [1.54, 1.807) is 24.3 Å². The lowest BCUT2D eigenvalue weighted by molar-refractivity contribution is -0.275. The summed E-state index contributed by atoms with van der Waals surface area (Å²) in [6.07, 6.45) is -5.50. The third-order valence-corrected chi connectivity index (χ3v) is 5.78. The number of halogens is 6. The molecule has 1 unspecified atom stereocenters. The lowest BCUT2D eigenvalue weighted by Crippen LogP contribution is -2.56. The van der Waals surface area contributed by atoms with Crippen LogP contribution in [-0.4, -0.2) is 30.1 Å². The van der Waals surface area contributed by atoms with Crippen LogP contribution in [0.2, 0.25) is 10.0 Å². The Morgan fingerprint density at radius 2 is 1.62 bits per heavy atom. The minimum Gasteiger partial charge on any atom is -0.382 e. The first-order chi connectivity index (χ1) is 13.6. The van der Waals surface area contributed by atoms with Crippen LogP contribution in [0, 0.1) is 5.82 Å². The number of hydrogen-bond acceptors (Lipinski definition) is 4. The lowest BCUT2D eigenvalue weighted by Gasteiger charge is -2.38. The van der Waals surface area contributed by atoms with Gasteiger partial charge >= 0.3 is 6.18 Å². The quantitative estimate of drug-likeness (QED) is 0.536. The number of aliphatic hydroxyl groups is 1. The van der Waals surface area contributed by atoms with Crippen molar-refractivity contribution in [2.75, 3.05) is 13.1 Å². The van der Waals surface area contributed by atoms with Crippen molar-refractivity contribution >= 4 is 28.9 Å². The Labute approximate surface area is 173 Å². The van der Waals surface area contributed by atoms with Gasteiger partial charge in [0.05, 0.1) is 15.8 Å². The number of alkyl halides is 3. The first-order valence-corrected chi connectivity index (χ1v) is 9.32. The number of nitrogens with one attached hydrogen (secondary N) is 1. The first kappa shape index (κ1) is 20.4. The number of β-amino-alcohol motifs (C(OH)–C–C–N with tert-alkyl or cyclic N) is 1. The van der Waals surface area contributed by atoms with E-state index in [1.807, 2.05) is 0 Å². The van der Waals surface area contributed by atoms with Crippen molar-refractivity contribution in [3.63, 3.8) is 0 Å². The highest BCUT2D eigenvalue weighted by atomic mass is 35.5. The molecule has 1 saturated heterocycles. The Balaban J connectivity index is 1.67. The Morgan fingerprint density at radius 1 is 1.03 bits per heavy atom. The van der Waals surface area contributed by atoms with Gasteiger partial charge in [0.2, 0.25) is 0 Å². The van der Waals surface area contributed by atoms with E-state index in [4.69, 9.17) is 28.0 Å². The zero-order chi connectivity index (χ0) is 21.0. The molecule has 10 heteroatoms. The number of hydrogen-bond donors (Lipinski definition) is 2. The molecule has 0 radical (unpaired) electrons. The molecule has 4 rings (SSSR count). The monoisotopic (exact) mass is 448 g/mol. The van der Waals surface area contributed by atoms with Gasteiger partial charge < -0.3 is 15.3 Å². The van der Waals surface area contributed by atoms with Crippen molar-refractivity contribution in [1.82, 2.24) is 5.32 Å². The second-order valence-corrected chi connectivity index (χ2v) is 7.91. The Morgan fingerprint density at radius 3 is 2.10 bits per heavy atom. The van der Waals surface area contributed by atoms with Gasteiger partial charge in [-0.1, -0.05) is 52.6 Å². The number of benzene rings is 2. The summed E-state index contributed by atoms with van der Waals surface area (Å²) in [5.41, 5.74) is -3.13. The van der Waals surface area contributed by atoms with Crippen molar-refractivity contribution in [2.45, 2.75) is 23.8 Å². The lowest BCUT2D eigenvalue weighted by atomic mass is 9.85. The van der Waals surface area contributed by atoms with Crippen LogP contribution >= 0.6 is 23.2 Å².